The zero-order valence-electron chi connectivity index (χ0n) is 27.9. The van der Waals surface area contributed by atoms with Crippen LogP contribution in [0.15, 0.2) is 45.1 Å². The number of ether oxygens (including phenoxy) is 3. The molecule has 7 aliphatic carbocycles. The highest BCUT2D eigenvalue weighted by Gasteiger charge is 2.86. The fraction of sp³-hybridized carbons (Fsp3) is 0.667. The highest BCUT2D eigenvalue weighted by atomic mass is 17.1. The second-order valence-corrected chi connectivity index (χ2v) is 15.8. The molecule has 1 spiro atoms. The summed E-state index contributed by atoms with van der Waals surface area (Å²) in [6.07, 6.45) is 1.45. The van der Waals surface area contributed by atoms with Crippen molar-refractivity contribution in [2.75, 3.05) is 20.3 Å². The van der Waals surface area contributed by atoms with Gasteiger partial charge in [-0.2, -0.15) is 0 Å². The Morgan fingerprint density at radius 3 is 2.35 bits per heavy atom. The fourth-order valence-electron chi connectivity index (χ4n) is 12.1. The van der Waals surface area contributed by atoms with Crippen molar-refractivity contribution in [1.29, 1.82) is 0 Å². The van der Waals surface area contributed by atoms with Crippen LogP contribution in [0.3, 0.4) is 0 Å². The number of fused-ring (bicyclic) bond motifs is 7. The van der Waals surface area contributed by atoms with Crippen molar-refractivity contribution < 1.29 is 58.9 Å². The fourth-order valence-corrected chi connectivity index (χ4v) is 12.1. The molecule has 8 rings (SSSR count). The lowest BCUT2D eigenvalue weighted by atomic mass is 9.43. The summed E-state index contributed by atoms with van der Waals surface area (Å²) in [5.74, 6) is -5.00. The molecule has 5 saturated carbocycles. The summed E-state index contributed by atoms with van der Waals surface area (Å²) in [4.78, 5) is 59.8. The molecular formula is C36H42O12. The zero-order valence-corrected chi connectivity index (χ0v) is 27.9. The third-order valence-corrected chi connectivity index (χ3v) is 14.5. The molecule has 12 nitrogen and oxygen atoms in total. The van der Waals surface area contributed by atoms with Gasteiger partial charge in [0, 0.05) is 39.5 Å². The van der Waals surface area contributed by atoms with Crippen LogP contribution < -0.4 is 0 Å². The van der Waals surface area contributed by atoms with Crippen LogP contribution in [-0.4, -0.2) is 87.5 Å². The number of methoxy groups -OCH3 is 1. The SMILES string of the molecule is CC=C(C)C(=O)OC[C@]1(O)[C@H]2C[C@H]2[C@]2(C)[C@@H]3C[C@@]4(OO)C5=C(C(=C(C)C(=O)OC)C(=O)[C@H](O)[C@@]5(C)[C@@H]5C[C@@H]54)[C@@]34OC(=O)C(CO)=C4C[C@@H]12. The topological polar surface area (TPSA) is 186 Å². The molecule has 12 heteroatoms. The Kier molecular flexibility index (Phi) is 6.37. The normalized spacial score (nSPS) is 48.5. The van der Waals surface area contributed by atoms with E-state index in [1.54, 1.807) is 26.8 Å². The van der Waals surface area contributed by atoms with Crippen LogP contribution in [0.1, 0.15) is 60.3 Å². The van der Waals surface area contributed by atoms with Gasteiger partial charge in [-0.15, -0.1) is 0 Å². The molecule has 0 unspecified atom stereocenters. The Bertz CT molecular complexity index is 1750. The van der Waals surface area contributed by atoms with Gasteiger partial charge in [-0.3, -0.25) is 10.1 Å². The smallest absolute Gasteiger partial charge is 0.337 e. The zero-order chi connectivity index (χ0) is 34.7. The van der Waals surface area contributed by atoms with Gasteiger partial charge in [0.05, 0.1) is 19.3 Å². The van der Waals surface area contributed by atoms with Crippen LogP contribution >= 0.6 is 0 Å². The highest BCUT2D eigenvalue weighted by molar-refractivity contribution is 6.12. The summed E-state index contributed by atoms with van der Waals surface area (Å²) in [5.41, 5.74) is -5.36. The number of hydrogen-bond donors (Lipinski definition) is 4. The minimum Gasteiger partial charge on any atom is -0.466 e. The number of ketones is 1. The molecule has 0 radical (unpaired) electrons. The molecule has 4 N–H and O–H groups in total. The number of carbonyl (C=O) groups is 4. The second kappa shape index (κ2) is 9.54. The molecule has 0 saturated heterocycles. The van der Waals surface area contributed by atoms with E-state index in [1.807, 2.05) is 6.92 Å². The summed E-state index contributed by atoms with van der Waals surface area (Å²) in [6, 6.07) is 0. The van der Waals surface area contributed by atoms with E-state index in [1.165, 1.54) is 14.0 Å². The summed E-state index contributed by atoms with van der Waals surface area (Å²) in [5, 5.41) is 45.9. The maximum absolute atomic E-state index is 14.4. The molecule has 1 heterocycles. The van der Waals surface area contributed by atoms with E-state index in [4.69, 9.17) is 19.1 Å². The van der Waals surface area contributed by atoms with E-state index in [-0.39, 0.29) is 65.4 Å². The van der Waals surface area contributed by atoms with Gasteiger partial charge in [-0.1, -0.05) is 19.9 Å². The first-order chi connectivity index (χ1) is 22.6. The van der Waals surface area contributed by atoms with Gasteiger partial charge < -0.3 is 29.5 Å². The monoisotopic (exact) mass is 666 g/mol. The van der Waals surface area contributed by atoms with E-state index < -0.39 is 75.9 Å². The molecule has 48 heavy (non-hydrogen) atoms. The van der Waals surface area contributed by atoms with Crippen molar-refractivity contribution in [2.24, 2.45) is 46.3 Å². The molecule has 5 fully saturated rings. The average molecular weight is 667 g/mol. The van der Waals surface area contributed by atoms with E-state index in [0.29, 0.717) is 29.6 Å². The summed E-state index contributed by atoms with van der Waals surface area (Å²) < 4.78 is 17.3. The van der Waals surface area contributed by atoms with Crippen molar-refractivity contribution in [2.45, 2.75) is 83.2 Å². The predicted octanol–water partition coefficient (Wildman–Crippen LogP) is 2.12. The molecule has 0 aromatic carbocycles. The van der Waals surface area contributed by atoms with Gasteiger partial charge in [-0.05, 0) is 86.7 Å². The van der Waals surface area contributed by atoms with Crippen molar-refractivity contribution in [3.8, 4) is 0 Å². The van der Waals surface area contributed by atoms with E-state index in [0.717, 1.165) is 0 Å². The Hall–Kier alpha value is -3.16. The van der Waals surface area contributed by atoms with Crippen LogP contribution in [0, 0.1) is 46.3 Å². The van der Waals surface area contributed by atoms with Crippen molar-refractivity contribution in [3.63, 3.8) is 0 Å². The summed E-state index contributed by atoms with van der Waals surface area (Å²) in [6.45, 7) is 7.62. The number of rotatable bonds is 6. The van der Waals surface area contributed by atoms with E-state index in [9.17, 15) is 39.8 Å². The molecule has 1 aliphatic heterocycles. The number of allylic oxidation sites excluding steroid dienone is 1. The molecular weight excluding hydrogens is 624 g/mol. The lowest BCUT2D eigenvalue weighted by Gasteiger charge is -2.63. The summed E-state index contributed by atoms with van der Waals surface area (Å²) >= 11 is 0. The van der Waals surface area contributed by atoms with Gasteiger partial charge in [0.25, 0.3) is 0 Å². The maximum atomic E-state index is 14.4. The predicted molar refractivity (Wildman–Crippen MR) is 163 cm³/mol. The van der Waals surface area contributed by atoms with Crippen molar-refractivity contribution >= 4 is 23.7 Å². The van der Waals surface area contributed by atoms with Gasteiger partial charge >= 0.3 is 17.9 Å². The largest absolute Gasteiger partial charge is 0.466 e. The quantitative estimate of drug-likeness (QED) is 0.107. The van der Waals surface area contributed by atoms with E-state index in [2.05, 4.69) is 0 Å². The first-order valence-corrected chi connectivity index (χ1v) is 16.8. The lowest BCUT2D eigenvalue weighted by molar-refractivity contribution is -0.330. The van der Waals surface area contributed by atoms with Crippen LogP contribution in [0.4, 0.5) is 0 Å². The molecule has 0 aromatic rings. The molecule has 0 aromatic heterocycles. The maximum Gasteiger partial charge on any atom is 0.337 e. The first-order valence-electron chi connectivity index (χ1n) is 16.8. The number of esters is 3. The Morgan fingerprint density at radius 1 is 1.04 bits per heavy atom. The molecule has 12 atom stereocenters. The van der Waals surface area contributed by atoms with Gasteiger partial charge in [0.1, 0.15) is 23.9 Å². The van der Waals surface area contributed by atoms with Crippen LogP contribution in [-0.2, 0) is 38.3 Å². The Morgan fingerprint density at radius 2 is 1.73 bits per heavy atom. The third-order valence-electron chi connectivity index (χ3n) is 14.5. The Balaban J connectivity index is 1.41. The van der Waals surface area contributed by atoms with Crippen molar-refractivity contribution in [3.05, 3.63) is 45.1 Å². The Labute approximate surface area is 277 Å². The van der Waals surface area contributed by atoms with Gasteiger partial charge in [0.15, 0.2) is 11.4 Å². The number of carbonyl (C=O) groups excluding carboxylic acids is 4. The molecule has 8 aliphatic rings. The van der Waals surface area contributed by atoms with E-state index >= 15 is 0 Å². The number of aliphatic hydroxyl groups is 3. The minimum atomic E-state index is -1.67. The lowest BCUT2D eigenvalue weighted by Crippen LogP contribution is -2.67. The molecule has 258 valence electrons. The minimum absolute atomic E-state index is 0.00394. The molecule has 0 amide bonds. The standard InChI is InChI=1S/C36H42O12/c1-7-14(2)29(40)46-13-34(43)20-8-18(20)32(4)22(34)10-17-16(12-37)31(42)47-36(17)23(32)11-35(48-44)21-9-19(21)33(5)27(35)25(36)24(26(38)28(33)39)15(3)30(41)45-6/h7,18-23,28,37,39,43-44H,8-13H2,1-6H3/t18-,19-,20+,21+,22-,23+,28+,32+,33+,34+,35+,36+/m1/s1. The highest BCUT2D eigenvalue weighted by Crippen LogP contribution is 2.84. The molecule has 0 bridgehead atoms. The van der Waals surface area contributed by atoms with Crippen LogP contribution in [0.5, 0.6) is 0 Å². The van der Waals surface area contributed by atoms with Crippen LogP contribution in [0.25, 0.3) is 0 Å². The first kappa shape index (κ1) is 32.1. The summed E-state index contributed by atoms with van der Waals surface area (Å²) in [7, 11) is 1.18. The van der Waals surface area contributed by atoms with Crippen molar-refractivity contribution in [1.82, 2.24) is 0 Å². The van der Waals surface area contributed by atoms with Gasteiger partial charge in [-0.25, -0.2) is 19.3 Å². The van der Waals surface area contributed by atoms with Crippen LogP contribution in [0.2, 0.25) is 0 Å². The number of aliphatic hydroxyl groups excluding tert-OH is 2. The number of hydrogen-bond acceptors (Lipinski definition) is 12. The second-order valence-electron chi connectivity index (χ2n) is 15.8. The number of Topliss-reactive ketones (excluding diaryl/α,β-unsaturated/α-hetero) is 1. The average Bonchev–Trinajstić information content (AvgIpc) is 3.99. The van der Waals surface area contributed by atoms with Gasteiger partial charge in [0.2, 0.25) is 0 Å². The third kappa shape index (κ3) is 3.25.